The van der Waals surface area contributed by atoms with Crippen molar-refractivity contribution in [1.82, 2.24) is 18.7 Å². The van der Waals surface area contributed by atoms with Gasteiger partial charge < -0.3 is 18.4 Å². The number of aromatic nitrogens is 5. The van der Waals surface area contributed by atoms with Crippen molar-refractivity contribution in [1.29, 1.82) is 0 Å². The number of ether oxygens (including phenoxy) is 1. The van der Waals surface area contributed by atoms with Gasteiger partial charge in [0.25, 0.3) is 6.33 Å². The van der Waals surface area contributed by atoms with Gasteiger partial charge in [0, 0.05) is 60.6 Å². The van der Waals surface area contributed by atoms with Gasteiger partial charge in [0.1, 0.15) is 5.82 Å². The van der Waals surface area contributed by atoms with Gasteiger partial charge >= 0.3 is 0 Å². The summed E-state index contributed by atoms with van der Waals surface area (Å²) in [6, 6.07) is 80.4. The molecule has 0 unspecified atom stereocenters. The van der Waals surface area contributed by atoms with Crippen LogP contribution < -0.4 is 9.30 Å². The van der Waals surface area contributed by atoms with E-state index in [4.69, 9.17) is 13.8 Å². The summed E-state index contributed by atoms with van der Waals surface area (Å²) in [7, 11) is 0. The number of para-hydroxylation sites is 6. The smallest absolute Gasteiger partial charge is 0.268 e. The molecule has 0 fully saturated rings. The summed E-state index contributed by atoms with van der Waals surface area (Å²) in [5.74, 6) is 1.74. The Morgan fingerprint density at radius 2 is 1.06 bits per heavy atom. The van der Waals surface area contributed by atoms with Crippen LogP contribution in [0.5, 0.6) is 11.5 Å². The molecule has 83 heavy (non-hydrogen) atoms. The van der Waals surface area contributed by atoms with Crippen LogP contribution in [0.25, 0.3) is 133 Å². The molecule has 0 saturated carbocycles. The molecule has 0 radical (unpaired) electrons. The second kappa shape index (κ2) is 19.7. The van der Waals surface area contributed by atoms with Crippen LogP contribution in [0.4, 0.5) is 0 Å². The summed E-state index contributed by atoms with van der Waals surface area (Å²) < 4.78 is 61.0. The number of hydrogen-bond acceptors (Lipinski definition) is 2. The molecule has 16 rings (SSSR count). The predicted molar refractivity (Wildman–Crippen MR) is 334 cm³/mol. The maximum atomic E-state index is 9.51. The molecular weight excluding hydrogens is 1190 g/mol. The fourth-order valence-corrected chi connectivity index (χ4v) is 12.4. The molecule has 15 aromatic rings. The molecule has 6 nitrogen and oxygen atoms in total. The van der Waals surface area contributed by atoms with E-state index in [0.29, 0.717) is 28.4 Å². The van der Waals surface area contributed by atoms with Crippen LogP contribution in [0.2, 0.25) is 0 Å². The molecule has 4 aromatic heterocycles. The quantitative estimate of drug-likeness (QED) is 0.118. The van der Waals surface area contributed by atoms with Gasteiger partial charge in [0.15, 0.2) is 0 Å². The zero-order valence-electron chi connectivity index (χ0n) is 50.3. The molecule has 5 heterocycles. The van der Waals surface area contributed by atoms with E-state index in [-0.39, 0.29) is 44.1 Å². The fraction of sp³-hybridized carbons (Fsp3) is 0.0526. The van der Waals surface area contributed by atoms with Gasteiger partial charge in [0.05, 0.1) is 40.3 Å². The standard InChI is InChI=1S/C76H51N5O.Pt/c1-76(2,3)51-42-43-77-73(45-51)81-70-36-16-12-29-62(70)63-41-39-54(47-72(63)81)82-53-23-17-22-52(46-53)78-48-79-74-56(49-20-5-4-6-21-49)30-18-31-65(74)66-44-50(38-40-59(66)57-25-7-8-26-58(57)64-32-19-37-71(78)75(64)79)55-24-9-13-33-67(55)80-68-34-14-10-27-60(68)61-28-11-15-35-69(61)80;/h4-45H,1-3H3;/q-2;/i4D,5D,6D,20D,21D;. The maximum absolute atomic E-state index is 9.51. The molecular formula is C76H51N5OPt-2. The summed E-state index contributed by atoms with van der Waals surface area (Å²) in [4.78, 5) is 4.88. The van der Waals surface area contributed by atoms with Crippen molar-refractivity contribution in [3.8, 4) is 90.0 Å². The van der Waals surface area contributed by atoms with Crippen molar-refractivity contribution >= 4 is 54.6 Å². The minimum Gasteiger partial charge on any atom is -0.510 e. The minimum absolute atomic E-state index is 0. The fourth-order valence-electron chi connectivity index (χ4n) is 12.4. The van der Waals surface area contributed by atoms with Gasteiger partial charge in [0.2, 0.25) is 0 Å². The second-order valence-corrected chi connectivity index (χ2v) is 21.9. The second-order valence-electron chi connectivity index (χ2n) is 21.9. The Balaban J connectivity index is 0.00000650. The molecule has 0 saturated heterocycles. The van der Waals surface area contributed by atoms with Gasteiger partial charge in [-0.3, -0.25) is 4.57 Å². The van der Waals surface area contributed by atoms with E-state index < -0.39 is 18.1 Å². The summed E-state index contributed by atoms with van der Waals surface area (Å²) in [6.45, 7) is 6.61. The molecule has 7 heteroatoms. The molecule has 1 aliphatic heterocycles. The van der Waals surface area contributed by atoms with Crippen LogP contribution >= 0.6 is 0 Å². The Morgan fingerprint density at radius 3 is 1.82 bits per heavy atom. The maximum Gasteiger partial charge on any atom is 0.268 e. The van der Waals surface area contributed by atoms with Crippen LogP contribution in [0.3, 0.4) is 0 Å². The molecule has 0 N–H and O–H groups in total. The number of pyridine rings is 1. The summed E-state index contributed by atoms with van der Waals surface area (Å²) >= 11 is 0. The van der Waals surface area contributed by atoms with Gasteiger partial charge in [-0.1, -0.05) is 202 Å². The number of hydrogen-bond donors (Lipinski definition) is 0. The number of nitrogens with zero attached hydrogens (tertiary/aromatic N) is 5. The molecule has 0 atom stereocenters. The van der Waals surface area contributed by atoms with Crippen molar-refractivity contribution in [3.05, 3.63) is 279 Å². The Hall–Kier alpha value is -9.87. The molecule has 0 spiro atoms. The average molecular weight is 1250 g/mol. The zero-order valence-corrected chi connectivity index (χ0v) is 47.6. The van der Waals surface area contributed by atoms with Crippen LogP contribution in [-0.2, 0) is 26.5 Å². The monoisotopic (exact) mass is 1250 g/mol. The first kappa shape index (κ1) is 44.8. The Kier molecular flexibility index (Phi) is 10.6. The minimum atomic E-state index is -0.463. The van der Waals surface area contributed by atoms with E-state index in [0.717, 1.165) is 99.9 Å². The third-order valence-electron chi connectivity index (χ3n) is 16.2. The van der Waals surface area contributed by atoms with Gasteiger partial charge in [-0.15, -0.1) is 29.7 Å². The summed E-state index contributed by atoms with van der Waals surface area (Å²) in [5, 5.41) is 4.43. The SMILES string of the molecule is [2H]c1c([2H])c([2H])c(-c2cccc3c2-[n+]2[c-]n(-c4[c-]c(Oc5[c-]c6c(cc5)c5ccccc5n6-c5cc(C(C)(C)C)ccn5)ccc4)c4cccc(c42)-c2ccccc2-c2ccc(-c4ccccc4-n4c5ccccc5c5ccccc54)cc2-3)c([2H])c1[2H].[Pt]. The Labute approximate surface area is 502 Å². The Bertz CT molecular complexity index is 5320. The zero-order chi connectivity index (χ0) is 59.0. The van der Waals surface area contributed by atoms with E-state index in [2.05, 4.69) is 224 Å². The van der Waals surface area contributed by atoms with E-state index in [1.54, 1.807) is 0 Å². The first-order chi connectivity index (χ1) is 42.4. The van der Waals surface area contributed by atoms with Gasteiger partial charge in [-0.05, 0) is 115 Å². The van der Waals surface area contributed by atoms with Crippen LogP contribution in [-0.4, -0.2) is 18.7 Å². The summed E-state index contributed by atoms with van der Waals surface area (Å²) in [5.41, 5.74) is 16.9. The van der Waals surface area contributed by atoms with Crippen molar-refractivity contribution < 1.29 is 37.2 Å². The average Bonchev–Trinajstić information content (AvgIpc) is 1.57. The number of rotatable bonds is 7. The van der Waals surface area contributed by atoms with Gasteiger partial charge in [-0.2, -0.15) is 18.2 Å². The van der Waals surface area contributed by atoms with Crippen LogP contribution in [0.1, 0.15) is 33.2 Å². The van der Waals surface area contributed by atoms with Crippen molar-refractivity contribution in [2.45, 2.75) is 26.2 Å². The molecule has 0 aliphatic carbocycles. The third-order valence-corrected chi connectivity index (χ3v) is 16.2. The third kappa shape index (κ3) is 8.11. The van der Waals surface area contributed by atoms with Gasteiger partial charge in [-0.25, -0.2) is 4.98 Å². The molecule has 0 bridgehead atoms. The van der Waals surface area contributed by atoms with Crippen molar-refractivity contribution in [2.75, 3.05) is 0 Å². The van der Waals surface area contributed by atoms with Crippen LogP contribution in [0, 0.1) is 18.5 Å². The van der Waals surface area contributed by atoms with Crippen LogP contribution in [0.15, 0.2) is 255 Å². The predicted octanol–water partition coefficient (Wildman–Crippen LogP) is 18.6. The normalized spacial score (nSPS) is 12.8. The number of imidazole rings is 1. The van der Waals surface area contributed by atoms with Crippen molar-refractivity contribution in [3.63, 3.8) is 0 Å². The topological polar surface area (TPSA) is 40.8 Å². The number of fused-ring (bicyclic) bond motifs is 13. The van der Waals surface area contributed by atoms with E-state index >= 15 is 0 Å². The molecule has 11 aromatic carbocycles. The number of benzene rings is 11. The molecule has 398 valence electrons. The van der Waals surface area contributed by atoms with E-state index in [1.807, 2.05) is 57.8 Å². The Morgan fingerprint density at radius 1 is 0.470 bits per heavy atom. The van der Waals surface area contributed by atoms with E-state index in [9.17, 15) is 2.74 Å². The molecule has 0 amide bonds. The van der Waals surface area contributed by atoms with Crippen molar-refractivity contribution in [2.24, 2.45) is 0 Å². The molecule has 1 aliphatic rings. The summed E-state index contributed by atoms with van der Waals surface area (Å²) in [6.07, 6.45) is 5.67. The largest absolute Gasteiger partial charge is 0.510 e. The first-order valence-electron chi connectivity index (χ1n) is 30.0. The first-order valence-corrected chi connectivity index (χ1v) is 27.5. The van der Waals surface area contributed by atoms with E-state index in [1.165, 1.54) is 16.3 Å².